The van der Waals surface area contributed by atoms with Crippen LogP contribution in [-0.2, 0) is 6.54 Å². The zero-order valence-electron chi connectivity index (χ0n) is 12.7. The average Bonchev–Trinajstić information content (AvgIpc) is 3.15. The molecule has 0 unspecified atom stereocenters. The second kappa shape index (κ2) is 7.44. The lowest BCUT2D eigenvalue weighted by molar-refractivity contribution is 0.0951. The highest BCUT2D eigenvalue weighted by atomic mass is 32.2. The minimum absolute atomic E-state index is 0.0702. The summed E-state index contributed by atoms with van der Waals surface area (Å²) in [6.45, 7) is 0.468. The van der Waals surface area contributed by atoms with E-state index in [-0.39, 0.29) is 5.91 Å². The molecule has 23 heavy (non-hydrogen) atoms. The number of thiophene rings is 1. The van der Waals surface area contributed by atoms with Gasteiger partial charge in [0, 0.05) is 39.8 Å². The summed E-state index contributed by atoms with van der Waals surface area (Å²) in [5.41, 5.74) is 2.74. The van der Waals surface area contributed by atoms with E-state index in [1.807, 2.05) is 48.2 Å². The van der Waals surface area contributed by atoms with Gasteiger partial charge >= 0.3 is 0 Å². The monoisotopic (exact) mass is 340 g/mol. The zero-order chi connectivity index (χ0) is 16.1. The van der Waals surface area contributed by atoms with E-state index < -0.39 is 0 Å². The largest absolute Gasteiger partial charge is 0.348 e. The Morgan fingerprint density at radius 2 is 2.04 bits per heavy atom. The van der Waals surface area contributed by atoms with Crippen molar-refractivity contribution in [1.82, 2.24) is 10.3 Å². The first kappa shape index (κ1) is 15.8. The number of thioether (sulfide) groups is 1. The molecule has 116 valence electrons. The van der Waals surface area contributed by atoms with Crippen LogP contribution in [0.15, 0.2) is 65.1 Å². The third-order valence-electron chi connectivity index (χ3n) is 3.41. The average molecular weight is 340 g/mol. The van der Waals surface area contributed by atoms with Crippen LogP contribution in [0, 0.1) is 0 Å². The number of benzene rings is 1. The second-order valence-electron chi connectivity index (χ2n) is 4.97. The number of hydrogen-bond donors (Lipinski definition) is 1. The summed E-state index contributed by atoms with van der Waals surface area (Å²) in [5.74, 6) is -0.0702. The number of amides is 1. The van der Waals surface area contributed by atoms with Crippen molar-refractivity contribution >= 4 is 29.0 Å². The molecule has 2 aromatic heterocycles. The quantitative estimate of drug-likeness (QED) is 0.697. The van der Waals surface area contributed by atoms with Crippen LogP contribution in [0.1, 0.15) is 15.9 Å². The molecule has 0 bridgehead atoms. The third-order valence-corrected chi connectivity index (χ3v) is 5.07. The van der Waals surface area contributed by atoms with Gasteiger partial charge in [0.1, 0.15) is 0 Å². The maximum Gasteiger partial charge on any atom is 0.251 e. The predicted molar refractivity (Wildman–Crippen MR) is 96.9 cm³/mol. The molecule has 0 atom stereocenters. The Bertz CT molecular complexity index is 783. The molecular weight excluding hydrogens is 324 g/mol. The number of pyridine rings is 1. The van der Waals surface area contributed by atoms with E-state index in [1.165, 1.54) is 4.88 Å². The lowest BCUT2D eigenvalue weighted by Crippen LogP contribution is -2.22. The first-order valence-corrected chi connectivity index (χ1v) is 9.27. The van der Waals surface area contributed by atoms with Crippen molar-refractivity contribution in [2.75, 3.05) is 6.26 Å². The first-order chi connectivity index (χ1) is 11.3. The fourth-order valence-corrected chi connectivity index (χ4v) is 3.31. The SMILES string of the molecule is CSc1ccc(C(=O)NCc2cncc(-c3cccs3)c2)cc1. The van der Waals surface area contributed by atoms with E-state index in [9.17, 15) is 4.79 Å². The smallest absolute Gasteiger partial charge is 0.251 e. The van der Waals surface area contributed by atoms with Crippen LogP contribution in [0.25, 0.3) is 10.4 Å². The summed E-state index contributed by atoms with van der Waals surface area (Å²) in [6.07, 6.45) is 5.65. The van der Waals surface area contributed by atoms with Gasteiger partial charge in [-0.2, -0.15) is 0 Å². The summed E-state index contributed by atoms with van der Waals surface area (Å²) in [5, 5.41) is 4.99. The van der Waals surface area contributed by atoms with Crippen molar-refractivity contribution in [3.8, 4) is 10.4 Å². The van der Waals surface area contributed by atoms with Crippen molar-refractivity contribution in [1.29, 1.82) is 0 Å². The standard InChI is InChI=1S/C18H16N2OS2/c1-22-16-6-4-14(5-7-16)18(21)20-11-13-9-15(12-19-10-13)17-3-2-8-23-17/h2-10,12H,11H2,1H3,(H,20,21). The Morgan fingerprint density at radius 3 is 2.74 bits per heavy atom. The Labute approximate surface area is 143 Å². The molecule has 0 spiro atoms. The molecule has 0 fully saturated rings. The summed E-state index contributed by atoms with van der Waals surface area (Å²) in [6, 6.07) is 13.8. The Hall–Kier alpha value is -2.11. The number of carbonyl (C=O) groups excluding carboxylic acids is 1. The van der Waals surface area contributed by atoms with Gasteiger partial charge in [0.15, 0.2) is 0 Å². The van der Waals surface area contributed by atoms with Crippen LogP contribution in [0.3, 0.4) is 0 Å². The van der Waals surface area contributed by atoms with E-state index in [0.717, 1.165) is 16.0 Å². The van der Waals surface area contributed by atoms with Crippen molar-refractivity contribution in [3.63, 3.8) is 0 Å². The molecule has 0 saturated carbocycles. The lowest BCUT2D eigenvalue weighted by atomic mass is 10.1. The van der Waals surface area contributed by atoms with Gasteiger partial charge in [-0.25, -0.2) is 0 Å². The molecule has 0 radical (unpaired) electrons. The third kappa shape index (κ3) is 4.00. The highest BCUT2D eigenvalue weighted by molar-refractivity contribution is 7.98. The molecule has 3 rings (SSSR count). The highest BCUT2D eigenvalue weighted by Gasteiger charge is 2.06. The maximum absolute atomic E-state index is 12.2. The summed E-state index contributed by atoms with van der Waals surface area (Å²) in [4.78, 5) is 18.8. The van der Waals surface area contributed by atoms with Gasteiger partial charge in [0.25, 0.3) is 5.91 Å². The second-order valence-corrected chi connectivity index (χ2v) is 6.80. The summed E-state index contributed by atoms with van der Waals surface area (Å²) in [7, 11) is 0. The number of nitrogens with one attached hydrogen (secondary N) is 1. The predicted octanol–water partition coefficient (Wildman–Crippen LogP) is 4.46. The molecular formula is C18H16N2OS2. The molecule has 0 aliphatic heterocycles. The van der Waals surface area contributed by atoms with Crippen molar-refractivity contribution in [2.45, 2.75) is 11.4 Å². The van der Waals surface area contributed by atoms with Crippen molar-refractivity contribution < 1.29 is 4.79 Å². The minimum atomic E-state index is -0.0702. The van der Waals surface area contributed by atoms with Gasteiger partial charge in [-0.3, -0.25) is 9.78 Å². The Morgan fingerprint density at radius 1 is 1.22 bits per heavy atom. The molecule has 5 heteroatoms. The van der Waals surface area contributed by atoms with Crippen LogP contribution < -0.4 is 5.32 Å². The molecule has 1 aromatic carbocycles. The lowest BCUT2D eigenvalue weighted by Gasteiger charge is -2.07. The molecule has 0 aliphatic carbocycles. The molecule has 1 N–H and O–H groups in total. The minimum Gasteiger partial charge on any atom is -0.348 e. The van der Waals surface area contributed by atoms with Crippen LogP contribution in [0.5, 0.6) is 0 Å². The molecule has 3 aromatic rings. The summed E-state index contributed by atoms with van der Waals surface area (Å²) < 4.78 is 0. The number of rotatable bonds is 5. The van der Waals surface area contributed by atoms with E-state index in [0.29, 0.717) is 12.1 Å². The van der Waals surface area contributed by atoms with Gasteiger partial charge in [-0.1, -0.05) is 6.07 Å². The fourth-order valence-electron chi connectivity index (χ4n) is 2.19. The zero-order valence-corrected chi connectivity index (χ0v) is 14.3. The van der Waals surface area contributed by atoms with Crippen molar-refractivity contribution in [2.24, 2.45) is 0 Å². The van der Waals surface area contributed by atoms with Gasteiger partial charge < -0.3 is 5.32 Å². The number of hydrogen-bond acceptors (Lipinski definition) is 4. The fraction of sp³-hybridized carbons (Fsp3) is 0.111. The van der Waals surface area contributed by atoms with E-state index in [4.69, 9.17) is 0 Å². The van der Waals surface area contributed by atoms with Crippen molar-refractivity contribution in [3.05, 3.63) is 71.4 Å². The van der Waals surface area contributed by atoms with E-state index in [1.54, 1.807) is 29.3 Å². The first-order valence-electron chi connectivity index (χ1n) is 7.16. The van der Waals surface area contributed by atoms with Gasteiger partial charge in [0.05, 0.1) is 0 Å². The Balaban J connectivity index is 1.65. The van der Waals surface area contributed by atoms with Crippen LogP contribution in [0.2, 0.25) is 0 Å². The number of carbonyl (C=O) groups is 1. The topological polar surface area (TPSA) is 42.0 Å². The number of nitrogens with zero attached hydrogens (tertiary/aromatic N) is 1. The molecule has 1 amide bonds. The maximum atomic E-state index is 12.2. The van der Waals surface area contributed by atoms with Crippen LogP contribution in [0.4, 0.5) is 0 Å². The van der Waals surface area contributed by atoms with Gasteiger partial charge in [-0.05, 0) is 53.6 Å². The van der Waals surface area contributed by atoms with Crippen LogP contribution >= 0.6 is 23.1 Å². The van der Waals surface area contributed by atoms with Gasteiger partial charge in [0.2, 0.25) is 0 Å². The molecule has 3 nitrogen and oxygen atoms in total. The van der Waals surface area contributed by atoms with Crippen LogP contribution in [-0.4, -0.2) is 17.1 Å². The molecule has 0 aliphatic rings. The van der Waals surface area contributed by atoms with Gasteiger partial charge in [-0.15, -0.1) is 23.1 Å². The Kier molecular flexibility index (Phi) is 5.10. The highest BCUT2D eigenvalue weighted by Crippen LogP contribution is 2.24. The van der Waals surface area contributed by atoms with E-state index >= 15 is 0 Å². The normalized spacial score (nSPS) is 10.5. The summed E-state index contributed by atoms with van der Waals surface area (Å²) >= 11 is 3.34. The number of aromatic nitrogens is 1. The van der Waals surface area contributed by atoms with E-state index in [2.05, 4.69) is 22.4 Å². The molecule has 2 heterocycles. The molecule has 0 saturated heterocycles.